The second kappa shape index (κ2) is 8.22. The molecule has 1 N–H and O–H groups in total. The Bertz CT molecular complexity index is 748. The second-order valence-corrected chi connectivity index (χ2v) is 7.27. The Hall–Kier alpha value is -1.97. The van der Waals surface area contributed by atoms with Gasteiger partial charge in [0.1, 0.15) is 0 Å². The molecule has 0 saturated heterocycles. The summed E-state index contributed by atoms with van der Waals surface area (Å²) in [6, 6.07) is 4.56. The molecule has 0 unspecified atom stereocenters. The maximum absolute atomic E-state index is 12.4. The van der Waals surface area contributed by atoms with Crippen molar-refractivity contribution in [3.63, 3.8) is 0 Å². The highest BCUT2D eigenvalue weighted by molar-refractivity contribution is 8.01. The molecule has 0 spiro atoms. The van der Waals surface area contributed by atoms with Crippen molar-refractivity contribution in [2.24, 2.45) is 0 Å². The topological polar surface area (TPSA) is 88.4 Å². The molecule has 0 fully saturated rings. The minimum absolute atomic E-state index is 0.0827. The summed E-state index contributed by atoms with van der Waals surface area (Å²) in [6.45, 7) is 3.05. The molecule has 0 bridgehead atoms. The molecular weight excluding hydrogens is 348 g/mol. The standard InChI is InChI=1S/C15H18N4O3S2/c1-10-9-23-15(17-10)24-13-5-4-11(8-12(13)19(21)22)14(20)18(3)7-6-16-2/h4-5,8-9,16H,6-7H2,1-3H3. The fourth-order valence-electron chi connectivity index (χ4n) is 1.95. The van der Waals surface area contributed by atoms with E-state index in [4.69, 9.17) is 0 Å². The van der Waals surface area contributed by atoms with Gasteiger partial charge in [-0.15, -0.1) is 11.3 Å². The Balaban J connectivity index is 2.26. The third-order valence-electron chi connectivity index (χ3n) is 3.24. The lowest BCUT2D eigenvalue weighted by molar-refractivity contribution is -0.387. The highest BCUT2D eigenvalue weighted by atomic mass is 32.2. The highest BCUT2D eigenvalue weighted by Gasteiger charge is 2.21. The Kier molecular flexibility index (Phi) is 6.29. The lowest BCUT2D eigenvalue weighted by atomic mass is 10.2. The average molecular weight is 366 g/mol. The van der Waals surface area contributed by atoms with Crippen molar-refractivity contribution < 1.29 is 9.72 Å². The lowest BCUT2D eigenvalue weighted by Crippen LogP contribution is -2.32. The molecule has 0 atom stereocenters. The molecule has 7 nitrogen and oxygen atoms in total. The number of nitro groups is 1. The number of aryl methyl sites for hydroxylation is 1. The number of likely N-dealkylation sites (N-methyl/N-ethyl adjacent to an activating group) is 2. The first-order chi connectivity index (χ1) is 11.4. The molecule has 0 aliphatic rings. The molecule has 9 heteroatoms. The van der Waals surface area contributed by atoms with E-state index in [1.807, 2.05) is 12.3 Å². The predicted molar refractivity (Wildman–Crippen MR) is 95.0 cm³/mol. The average Bonchev–Trinajstić information content (AvgIpc) is 2.97. The van der Waals surface area contributed by atoms with Gasteiger partial charge in [0.15, 0.2) is 4.34 Å². The summed E-state index contributed by atoms with van der Waals surface area (Å²) in [6.07, 6.45) is 0. The number of hydrogen-bond donors (Lipinski definition) is 1. The fourth-order valence-corrected chi connectivity index (χ4v) is 3.83. The third kappa shape index (κ3) is 4.53. The number of aromatic nitrogens is 1. The van der Waals surface area contributed by atoms with E-state index >= 15 is 0 Å². The number of amides is 1. The monoisotopic (exact) mass is 366 g/mol. The molecular formula is C15H18N4O3S2. The fraction of sp³-hybridized carbons (Fsp3) is 0.333. The lowest BCUT2D eigenvalue weighted by Gasteiger charge is -2.17. The van der Waals surface area contributed by atoms with Crippen LogP contribution in [0.1, 0.15) is 16.1 Å². The molecule has 1 aromatic heterocycles. The van der Waals surface area contributed by atoms with Gasteiger partial charge in [-0.3, -0.25) is 14.9 Å². The van der Waals surface area contributed by atoms with Crippen molar-refractivity contribution in [3.8, 4) is 0 Å². The van der Waals surface area contributed by atoms with Crippen molar-refractivity contribution in [2.45, 2.75) is 16.2 Å². The predicted octanol–water partition coefficient (Wildman–Crippen LogP) is 2.80. The van der Waals surface area contributed by atoms with Gasteiger partial charge in [-0.2, -0.15) is 0 Å². The number of nitrogens with one attached hydrogen (secondary N) is 1. The van der Waals surface area contributed by atoms with Crippen LogP contribution in [0.4, 0.5) is 5.69 Å². The maximum Gasteiger partial charge on any atom is 0.284 e. The number of rotatable bonds is 7. The highest BCUT2D eigenvalue weighted by Crippen LogP contribution is 2.36. The van der Waals surface area contributed by atoms with Crippen molar-refractivity contribution in [3.05, 3.63) is 45.0 Å². The van der Waals surface area contributed by atoms with Crippen molar-refractivity contribution in [2.75, 3.05) is 27.2 Å². The normalized spacial score (nSPS) is 10.6. The van der Waals surface area contributed by atoms with Crippen LogP contribution < -0.4 is 5.32 Å². The van der Waals surface area contributed by atoms with Crippen molar-refractivity contribution >= 4 is 34.7 Å². The molecule has 0 aliphatic carbocycles. The number of hydrogen-bond acceptors (Lipinski definition) is 7. The van der Waals surface area contributed by atoms with Crippen LogP contribution in [0.3, 0.4) is 0 Å². The van der Waals surface area contributed by atoms with Crippen LogP contribution in [0.15, 0.2) is 32.8 Å². The van der Waals surface area contributed by atoms with Gasteiger partial charge in [0.25, 0.3) is 11.6 Å². The largest absolute Gasteiger partial charge is 0.340 e. The first-order valence-corrected chi connectivity index (χ1v) is 8.90. The molecule has 1 aromatic carbocycles. The SMILES string of the molecule is CNCCN(C)C(=O)c1ccc(Sc2nc(C)cs2)c([N+](=O)[O-])c1. The zero-order chi connectivity index (χ0) is 17.7. The zero-order valence-corrected chi connectivity index (χ0v) is 15.2. The first kappa shape index (κ1) is 18.4. The molecule has 0 aliphatic heterocycles. The van der Waals surface area contributed by atoms with Crippen LogP contribution in [-0.4, -0.2) is 47.9 Å². The molecule has 1 heterocycles. The number of benzene rings is 1. The Morgan fingerprint density at radius 2 is 2.25 bits per heavy atom. The summed E-state index contributed by atoms with van der Waals surface area (Å²) in [5, 5.41) is 16.2. The van der Waals surface area contributed by atoms with Crippen LogP contribution in [-0.2, 0) is 0 Å². The van der Waals surface area contributed by atoms with Crippen molar-refractivity contribution in [1.29, 1.82) is 0 Å². The van der Waals surface area contributed by atoms with Gasteiger partial charge in [-0.1, -0.05) is 11.8 Å². The quantitative estimate of drug-likeness (QED) is 0.599. The number of carbonyl (C=O) groups is 1. The molecule has 0 saturated carbocycles. The molecule has 2 aromatic rings. The van der Waals surface area contributed by atoms with E-state index in [-0.39, 0.29) is 11.6 Å². The van der Waals surface area contributed by atoms with Crippen LogP contribution in [0.5, 0.6) is 0 Å². The van der Waals surface area contributed by atoms with Gasteiger partial charge in [-0.05, 0) is 26.1 Å². The van der Waals surface area contributed by atoms with Crippen LogP contribution in [0.25, 0.3) is 0 Å². The Morgan fingerprint density at radius 1 is 1.50 bits per heavy atom. The van der Waals surface area contributed by atoms with E-state index < -0.39 is 4.92 Å². The summed E-state index contributed by atoms with van der Waals surface area (Å²) in [5.74, 6) is -0.241. The van der Waals surface area contributed by atoms with Gasteiger partial charge in [0.2, 0.25) is 0 Å². The van der Waals surface area contributed by atoms with E-state index in [9.17, 15) is 14.9 Å². The van der Waals surface area contributed by atoms with Gasteiger partial charge in [-0.25, -0.2) is 4.98 Å². The molecule has 0 radical (unpaired) electrons. The van der Waals surface area contributed by atoms with Crippen molar-refractivity contribution in [1.82, 2.24) is 15.2 Å². The Morgan fingerprint density at radius 3 is 2.83 bits per heavy atom. The van der Waals surface area contributed by atoms with Gasteiger partial charge in [0.05, 0.1) is 9.82 Å². The molecule has 128 valence electrons. The van der Waals surface area contributed by atoms with E-state index in [1.54, 1.807) is 26.2 Å². The molecule has 1 amide bonds. The third-order valence-corrected chi connectivity index (χ3v) is 5.36. The number of nitro benzene ring substituents is 1. The smallest absolute Gasteiger partial charge is 0.284 e. The maximum atomic E-state index is 12.4. The summed E-state index contributed by atoms with van der Waals surface area (Å²) < 4.78 is 0.737. The first-order valence-electron chi connectivity index (χ1n) is 7.21. The zero-order valence-electron chi connectivity index (χ0n) is 13.6. The van der Waals surface area contributed by atoms with Crippen LogP contribution in [0.2, 0.25) is 0 Å². The van der Waals surface area contributed by atoms with E-state index in [1.165, 1.54) is 34.1 Å². The second-order valence-electron chi connectivity index (χ2n) is 5.13. The minimum atomic E-state index is -0.465. The number of thiazole rings is 1. The summed E-state index contributed by atoms with van der Waals surface area (Å²) >= 11 is 2.67. The summed E-state index contributed by atoms with van der Waals surface area (Å²) in [5.41, 5.74) is 1.10. The van der Waals surface area contributed by atoms with E-state index in [0.717, 1.165) is 10.0 Å². The van der Waals surface area contributed by atoms with Gasteiger partial charge >= 0.3 is 0 Å². The summed E-state index contributed by atoms with van der Waals surface area (Å²) in [4.78, 5) is 29.6. The van der Waals surface area contributed by atoms with Gasteiger partial charge in [0, 0.05) is 42.8 Å². The number of carbonyl (C=O) groups excluding carboxylic acids is 1. The molecule has 2 rings (SSSR count). The van der Waals surface area contributed by atoms with E-state index in [2.05, 4.69) is 10.3 Å². The van der Waals surface area contributed by atoms with E-state index in [0.29, 0.717) is 23.5 Å². The van der Waals surface area contributed by atoms with Gasteiger partial charge < -0.3 is 10.2 Å². The minimum Gasteiger partial charge on any atom is -0.340 e. The molecule has 24 heavy (non-hydrogen) atoms. The Labute approximate surface area is 148 Å². The summed E-state index contributed by atoms with van der Waals surface area (Å²) in [7, 11) is 3.47. The van der Waals surface area contributed by atoms with Crippen LogP contribution in [0, 0.1) is 17.0 Å². The van der Waals surface area contributed by atoms with Crippen LogP contribution >= 0.6 is 23.1 Å². The number of nitrogens with zero attached hydrogens (tertiary/aromatic N) is 3.